The summed E-state index contributed by atoms with van der Waals surface area (Å²) in [5.74, 6) is 0.660. The number of carbonyl (C=O) groups is 1. The zero-order valence-corrected chi connectivity index (χ0v) is 20.8. The molecule has 0 radical (unpaired) electrons. The molecular weight excluding hydrogens is 424 g/mol. The third-order valence-electron chi connectivity index (χ3n) is 6.91. The van der Waals surface area contributed by atoms with Gasteiger partial charge in [-0.15, -0.1) is 0 Å². The van der Waals surface area contributed by atoms with Crippen LogP contribution in [0.5, 0.6) is 5.75 Å². The number of amides is 1. The van der Waals surface area contributed by atoms with Crippen LogP contribution in [0, 0.1) is 13.8 Å². The largest absolute Gasteiger partial charge is 0.497 e. The summed E-state index contributed by atoms with van der Waals surface area (Å²) >= 11 is 0. The molecule has 1 fully saturated rings. The lowest BCUT2D eigenvalue weighted by molar-refractivity contribution is 0.0941. The van der Waals surface area contributed by atoms with Crippen LogP contribution in [-0.4, -0.2) is 53.4 Å². The van der Waals surface area contributed by atoms with E-state index in [1.807, 2.05) is 30.3 Å². The van der Waals surface area contributed by atoms with Gasteiger partial charge in [-0.05, 0) is 94.1 Å². The lowest BCUT2D eigenvalue weighted by Crippen LogP contribution is -2.39. The van der Waals surface area contributed by atoms with E-state index in [1.165, 1.54) is 36.9 Å². The van der Waals surface area contributed by atoms with Gasteiger partial charge in [0.15, 0.2) is 0 Å². The number of nitrogens with one attached hydrogen (secondary N) is 1. The molecule has 6 heteroatoms. The molecule has 1 N–H and O–H groups in total. The van der Waals surface area contributed by atoms with Crippen LogP contribution in [0.25, 0.3) is 16.9 Å². The van der Waals surface area contributed by atoms with Crippen molar-refractivity contribution in [2.75, 3.05) is 26.7 Å². The average molecular weight is 461 g/mol. The van der Waals surface area contributed by atoms with Crippen molar-refractivity contribution in [3.63, 3.8) is 0 Å². The van der Waals surface area contributed by atoms with E-state index in [0.717, 1.165) is 35.7 Å². The molecule has 3 aromatic rings. The second-order valence-electron chi connectivity index (χ2n) is 9.31. The highest BCUT2D eigenvalue weighted by atomic mass is 16.5. The maximum absolute atomic E-state index is 13.2. The molecule has 1 aliphatic rings. The lowest BCUT2D eigenvalue weighted by atomic mass is 10.0. The smallest absolute Gasteiger partial charge is 0.270 e. The first-order valence-corrected chi connectivity index (χ1v) is 12.3. The number of piperidine rings is 1. The van der Waals surface area contributed by atoms with Crippen LogP contribution in [0.2, 0.25) is 0 Å². The minimum Gasteiger partial charge on any atom is -0.497 e. The van der Waals surface area contributed by atoms with Crippen LogP contribution in [0.3, 0.4) is 0 Å². The number of hydrogen-bond acceptors (Lipinski definition) is 4. The predicted octanol–water partition coefficient (Wildman–Crippen LogP) is 5.16. The molecule has 0 aliphatic carbocycles. The van der Waals surface area contributed by atoms with Crippen LogP contribution in [0.15, 0.2) is 48.5 Å². The number of methoxy groups -OCH3 is 1. The van der Waals surface area contributed by atoms with Gasteiger partial charge in [0, 0.05) is 24.7 Å². The van der Waals surface area contributed by atoms with E-state index in [2.05, 4.69) is 49.2 Å². The Morgan fingerprint density at radius 1 is 1.09 bits per heavy atom. The summed E-state index contributed by atoms with van der Waals surface area (Å²) in [6.45, 7) is 9.33. The molecule has 1 unspecified atom stereocenters. The maximum atomic E-state index is 13.2. The summed E-state index contributed by atoms with van der Waals surface area (Å²) in [4.78, 5) is 15.8. The van der Waals surface area contributed by atoms with E-state index in [1.54, 1.807) is 11.8 Å². The minimum absolute atomic E-state index is 0.106. The van der Waals surface area contributed by atoms with Crippen molar-refractivity contribution in [1.29, 1.82) is 0 Å². The summed E-state index contributed by atoms with van der Waals surface area (Å²) in [6.07, 6.45) is 4.82. The molecule has 1 amide bonds. The van der Waals surface area contributed by atoms with Crippen LogP contribution < -0.4 is 10.1 Å². The van der Waals surface area contributed by atoms with Gasteiger partial charge in [-0.25, -0.2) is 4.68 Å². The van der Waals surface area contributed by atoms with E-state index < -0.39 is 0 Å². The third-order valence-corrected chi connectivity index (χ3v) is 6.91. The number of carbonyl (C=O) groups excluding carboxylic acids is 1. The molecule has 0 bridgehead atoms. The Hall–Kier alpha value is -3.12. The first-order valence-electron chi connectivity index (χ1n) is 12.3. The number of rotatable bonds is 8. The molecule has 1 atom stereocenters. The Morgan fingerprint density at radius 2 is 1.88 bits per heavy atom. The average Bonchev–Trinajstić information content (AvgIpc) is 3.30. The number of aryl methyl sites for hydroxylation is 2. The van der Waals surface area contributed by atoms with Gasteiger partial charge < -0.3 is 15.0 Å². The van der Waals surface area contributed by atoms with Crippen molar-refractivity contribution >= 4 is 5.91 Å². The number of aromatic nitrogens is 2. The predicted molar refractivity (Wildman–Crippen MR) is 137 cm³/mol. The number of benzene rings is 2. The highest BCUT2D eigenvalue weighted by Crippen LogP contribution is 2.25. The first-order chi connectivity index (χ1) is 16.5. The summed E-state index contributed by atoms with van der Waals surface area (Å²) < 4.78 is 7.02. The second-order valence-corrected chi connectivity index (χ2v) is 9.31. The minimum atomic E-state index is -0.106. The molecule has 6 nitrogen and oxygen atoms in total. The summed E-state index contributed by atoms with van der Waals surface area (Å²) in [7, 11) is 1.64. The number of likely N-dealkylation sites (tertiary alicyclic amines) is 1. The standard InChI is InChI=1S/C28H36N4O2/c1-20-9-10-23(18-21(20)2)26-19-27(32(30-26)24-11-13-25(34-4)14-12-24)28(33)29-15-7-17-31-16-6-5-8-22(31)3/h9-14,18-19,22H,5-8,15-17H2,1-4H3,(H,29,33). The van der Waals surface area contributed by atoms with E-state index in [0.29, 0.717) is 18.3 Å². The highest BCUT2D eigenvalue weighted by Gasteiger charge is 2.20. The van der Waals surface area contributed by atoms with Crippen LogP contribution in [-0.2, 0) is 0 Å². The second kappa shape index (κ2) is 10.9. The monoisotopic (exact) mass is 460 g/mol. The van der Waals surface area contributed by atoms with Crippen molar-refractivity contribution in [1.82, 2.24) is 20.0 Å². The molecule has 180 valence electrons. The SMILES string of the molecule is COc1ccc(-n2nc(-c3ccc(C)c(C)c3)cc2C(=O)NCCCN2CCCCC2C)cc1. The number of nitrogens with zero attached hydrogens (tertiary/aromatic N) is 3. The van der Waals surface area contributed by atoms with Gasteiger partial charge in [-0.1, -0.05) is 18.6 Å². The third kappa shape index (κ3) is 5.50. The maximum Gasteiger partial charge on any atom is 0.270 e. The van der Waals surface area contributed by atoms with E-state index in [4.69, 9.17) is 9.84 Å². The molecule has 0 spiro atoms. The Balaban J connectivity index is 1.53. The van der Waals surface area contributed by atoms with Crippen molar-refractivity contribution in [2.24, 2.45) is 0 Å². The van der Waals surface area contributed by atoms with Crippen LogP contribution in [0.1, 0.15) is 54.2 Å². The van der Waals surface area contributed by atoms with Crippen molar-refractivity contribution in [3.05, 3.63) is 65.4 Å². The molecule has 34 heavy (non-hydrogen) atoms. The molecule has 1 aromatic heterocycles. The fourth-order valence-corrected chi connectivity index (χ4v) is 4.57. The van der Waals surface area contributed by atoms with Crippen LogP contribution in [0.4, 0.5) is 0 Å². The van der Waals surface area contributed by atoms with Crippen molar-refractivity contribution < 1.29 is 9.53 Å². The van der Waals surface area contributed by atoms with Gasteiger partial charge in [0.25, 0.3) is 5.91 Å². The Bertz CT molecular complexity index is 1120. The van der Waals surface area contributed by atoms with Gasteiger partial charge in [0.1, 0.15) is 11.4 Å². The quantitative estimate of drug-likeness (QED) is 0.472. The topological polar surface area (TPSA) is 59.4 Å². The Kier molecular flexibility index (Phi) is 7.68. The summed E-state index contributed by atoms with van der Waals surface area (Å²) in [5, 5.41) is 7.94. The van der Waals surface area contributed by atoms with Crippen molar-refractivity contribution in [3.8, 4) is 22.7 Å². The molecule has 0 saturated carbocycles. The Morgan fingerprint density at radius 3 is 2.59 bits per heavy atom. The van der Waals surface area contributed by atoms with Gasteiger partial charge in [-0.3, -0.25) is 4.79 Å². The zero-order valence-electron chi connectivity index (χ0n) is 20.8. The van der Waals surface area contributed by atoms with Crippen LogP contribution >= 0.6 is 0 Å². The van der Waals surface area contributed by atoms with Gasteiger partial charge in [0.2, 0.25) is 0 Å². The lowest BCUT2D eigenvalue weighted by Gasteiger charge is -2.33. The molecule has 2 aromatic carbocycles. The number of ether oxygens (including phenoxy) is 1. The van der Waals surface area contributed by atoms with Gasteiger partial charge in [0.05, 0.1) is 18.5 Å². The normalized spacial score (nSPS) is 16.4. The van der Waals surface area contributed by atoms with E-state index in [-0.39, 0.29) is 5.91 Å². The molecular formula is C28H36N4O2. The fraction of sp³-hybridized carbons (Fsp3) is 0.429. The highest BCUT2D eigenvalue weighted by molar-refractivity contribution is 5.94. The summed E-state index contributed by atoms with van der Waals surface area (Å²) in [6, 6.07) is 16.4. The van der Waals surface area contributed by atoms with Gasteiger partial charge in [-0.2, -0.15) is 5.10 Å². The van der Waals surface area contributed by atoms with E-state index >= 15 is 0 Å². The Labute approximate surface area is 202 Å². The van der Waals surface area contributed by atoms with E-state index in [9.17, 15) is 4.79 Å². The van der Waals surface area contributed by atoms with Gasteiger partial charge >= 0.3 is 0 Å². The zero-order chi connectivity index (χ0) is 24.1. The van der Waals surface area contributed by atoms with Crippen molar-refractivity contribution in [2.45, 2.75) is 52.5 Å². The fourth-order valence-electron chi connectivity index (χ4n) is 4.57. The molecule has 4 rings (SSSR count). The molecule has 1 saturated heterocycles. The molecule has 1 aliphatic heterocycles. The summed E-state index contributed by atoms with van der Waals surface area (Å²) in [5.41, 5.74) is 5.58. The number of hydrogen-bond donors (Lipinski definition) is 1. The first kappa shape index (κ1) is 24.0. The molecule has 2 heterocycles.